The van der Waals surface area contributed by atoms with Crippen LogP contribution in [0.5, 0.6) is 0 Å². The molecule has 0 unspecified atom stereocenters. The molecule has 0 saturated heterocycles. The normalized spacial score (nSPS) is 11.0. The summed E-state index contributed by atoms with van der Waals surface area (Å²) in [4.78, 5) is 11.0. The minimum atomic E-state index is -0.910. The fourth-order valence-corrected chi connectivity index (χ4v) is 2.18. The number of hydrogen-bond donors (Lipinski definition) is 1. The van der Waals surface area contributed by atoms with E-state index in [-0.39, 0.29) is 0 Å². The van der Waals surface area contributed by atoms with Gasteiger partial charge in [0.15, 0.2) is 0 Å². The van der Waals surface area contributed by atoms with E-state index in [1.807, 2.05) is 42.2 Å². The monoisotopic (exact) mass is 255 g/mol. The predicted octanol–water partition coefficient (Wildman–Crippen LogP) is 2.12. The second-order valence-corrected chi connectivity index (χ2v) is 4.50. The van der Waals surface area contributed by atoms with Crippen molar-refractivity contribution in [3.05, 3.63) is 54.0 Å². The Morgan fingerprint density at radius 3 is 2.79 bits per heavy atom. The summed E-state index contributed by atoms with van der Waals surface area (Å²) in [5, 5.41) is 14.4. The largest absolute Gasteiger partial charge is 0.478 e. The van der Waals surface area contributed by atoms with Gasteiger partial charge in [0.25, 0.3) is 0 Å². The van der Waals surface area contributed by atoms with Gasteiger partial charge in [-0.2, -0.15) is 5.10 Å². The topological polar surface area (TPSA) is 60.0 Å². The molecular weight excluding hydrogens is 242 g/mol. The lowest BCUT2D eigenvalue weighted by Gasteiger charge is -2.04. The second-order valence-electron chi connectivity index (χ2n) is 4.50. The van der Waals surface area contributed by atoms with Gasteiger partial charge in [-0.1, -0.05) is 6.07 Å². The highest BCUT2D eigenvalue weighted by molar-refractivity contribution is 5.93. The molecule has 0 bridgehead atoms. The number of aromatic carboxylic acids is 1. The lowest BCUT2D eigenvalue weighted by Crippen LogP contribution is -2.01. The molecule has 0 atom stereocenters. The van der Waals surface area contributed by atoms with Crippen LogP contribution in [0, 0.1) is 0 Å². The van der Waals surface area contributed by atoms with E-state index in [2.05, 4.69) is 5.10 Å². The standard InChI is InChI=1S/C14H13N3O2/c1-16-6-5-12(15-16)9-17-7-4-10-2-3-11(14(18)19)8-13(10)17/h2-8H,9H2,1H3,(H,18,19). The second kappa shape index (κ2) is 4.28. The van der Waals surface area contributed by atoms with Crippen LogP contribution in [-0.2, 0) is 13.6 Å². The Bertz CT molecular complexity index is 755. The van der Waals surface area contributed by atoms with Crippen LogP contribution < -0.4 is 0 Å². The quantitative estimate of drug-likeness (QED) is 0.779. The third-order valence-corrected chi connectivity index (χ3v) is 3.12. The molecule has 0 aliphatic heterocycles. The van der Waals surface area contributed by atoms with E-state index in [0.717, 1.165) is 16.6 Å². The number of aromatic nitrogens is 3. The van der Waals surface area contributed by atoms with Crippen molar-refractivity contribution in [2.24, 2.45) is 7.05 Å². The van der Waals surface area contributed by atoms with Crippen LogP contribution in [0.1, 0.15) is 16.1 Å². The zero-order chi connectivity index (χ0) is 13.4. The van der Waals surface area contributed by atoms with Gasteiger partial charge in [0, 0.05) is 25.0 Å². The Hall–Kier alpha value is -2.56. The molecule has 5 heteroatoms. The molecule has 2 aromatic heterocycles. The van der Waals surface area contributed by atoms with Crippen molar-refractivity contribution in [2.75, 3.05) is 0 Å². The molecule has 0 aliphatic rings. The van der Waals surface area contributed by atoms with Crippen LogP contribution in [0.15, 0.2) is 42.7 Å². The number of rotatable bonds is 3. The van der Waals surface area contributed by atoms with E-state index in [1.165, 1.54) is 0 Å². The van der Waals surface area contributed by atoms with Crippen molar-refractivity contribution < 1.29 is 9.90 Å². The first-order valence-corrected chi connectivity index (χ1v) is 5.94. The molecule has 0 radical (unpaired) electrons. The van der Waals surface area contributed by atoms with Crippen LogP contribution in [0.4, 0.5) is 0 Å². The zero-order valence-corrected chi connectivity index (χ0v) is 10.4. The third-order valence-electron chi connectivity index (χ3n) is 3.12. The average molecular weight is 255 g/mol. The predicted molar refractivity (Wildman–Crippen MR) is 71.2 cm³/mol. The molecular formula is C14H13N3O2. The van der Waals surface area contributed by atoms with Crippen LogP contribution in [0.3, 0.4) is 0 Å². The van der Waals surface area contributed by atoms with Crippen molar-refractivity contribution >= 4 is 16.9 Å². The molecule has 96 valence electrons. The first kappa shape index (κ1) is 11.5. The number of carbonyl (C=O) groups is 1. The van der Waals surface area contributed by atoms with E-state index in [9.17, 15) is 4.79 Å². The maximum atomic E-state index is 11.0. The SMILES string of the molecule is Cn1ccc(Cn2ccc3ccc(C(=O)O)cc32)n1. The Balaban J connectivity index is 2.03. The molecule has 0 saturated carbocycles. The molecule has 3 rings (SSSR count). The smallest absolute Gasteiger partial charge is 0.335 e. The summed E-state index contributed by atoms with van der Waals surface area (Å²) in [6.45, 7) is 0.632. The van der Waals surface area contributed by atoms with Crippen molar-refractivity contribution in [3.8, 4) is 0 Å². The number of nitrogens with zero attached hydrogens (tertiary/aromatic N) is 3. The summed E-state index contributed by atoms with van der Waals surface area (Å²) < 4.78 is 3.76. The van der Waals surface area contributed by atoms with Gasteiger partial charge in [0.05, 0.1) is 17.8 Å². The Labute approximate surface area is 109 Å². The van der Waals surface area contributed by atoms with E-state index in [0.29, 0.717) is 12.1 Å². The highest BCUT2D eigenvalue weighted by Crippen LogP contribution is 2.18. The van der Waals surface area contributed by atoms with Gasteiger partial charge in [-0.15, -0.1) is 0 Å². The Morgan fingerprint density at radius 1 is 1.26 bits per heavy atom. The highest BCUT2D eigenvalue weighted by Gasteiger charge is 2.08. The van der Waals surface area contributed by atoms with Gasteiger partial charge < -0.3 is 9.67 Å². The van der Waals surface area contributed by atoms with Crippen molar-refractivity contribution in [1.82, 2.24) is 14.3 Å². The van der Waals surface area contributed by atoms with E-state index < -0.39 is 5.97 Å². The fourth-order valence-electron chi connectivity index (χ4n) is 2.18. The molecule has 2 heterocycles. The summed E-state index contributed by atoms with van der Waals surface area (Å²) in [6.07, 6.45) is 3.84. The molecule has 19 heavy (non-hydrogen) atoms. The Morgan fingerprint density at radius 2 is 2.11 bits per heavy atom. The number of benzene rings is 1. The van der Waals surface area contributed by atoms with Crippen LogP contribution in [-0.4, -0.2) is 25.4 Å². The van der Waals surface area contributed by atoms with Gasteiger partial charge >= 0.3 is 5.97 Å². The van der Waals surface area contributed by atoms with E-state index in [1.54, 1.807) is 16.8 Å². The number of hydrogen-bond acceptors (Lipinski definition) is 2. The maximum Gasteiger partial charge on any atom is 0.335 e. The minimum absolute atomic E-state index is 0.300. The summed E-state index contributed by atoms with van der Waals surface area (Å²) in [5.41, 5.74) is 2.15. The number of fused-ring (bicyclic) bond motifs is 1. The summed E-state index contributed by atoms with van der Waals surface area (Å²) >= 11 is 0. The van der Waals surface area contributed by atoms with Crippen molar-refractivity contribution in [1.29, 1.82) is 0 Å². The first-order valence-electron chi connectivity index (χ1n) is 5.94. The number of carboxylic acids is 1. The minimum Gasteiger partial charge on any atom is -0.478 e. The average Bonchev–Trinajstić information content (AvgIpc) is 2.96. The van der Waals surface area contributed by atoms with Gasteiger partial charge in [-0.25, -0.2) is 4.79 Å². The maximum absolute atomic E-state index is 11.0. The van der Waals surface area contributed by atoms with Gasteiger partial charge in [-0.3, -0.25) is 4.68 Å². The fraction of sp³-hybridized carbons (Fsp3) is 0.143. The van der Waals surface area contributed by atoms with Crippen LogP contribution in [0.25, 0.3) is 10.9 Å². The highest BCUT2D eigenvalue weighted by atomic mass is 16.4. The molecule has 0 spiro atoms. The number of carboxylic acid groups (broad SMARTS) is 1. The van der Waals surface area contributed by atoms with E-state index >= 15 is 0 Å². The lowest BCUT2D eigenvalue weighted by atomic mass is 10.1. The molecule has 0 aliphatic carbocycles. The van der Waals surface area contributed by atoms with Gasteiger partial charge in [0.1, 0.15) is 0 Å². The zero-order valence-electron chi connectivity index (χ0n) is 10.4. The summed E-state index contributed by atoms with van der Waals surface area (Å²) in [7, 11) is 1.87. The molecule has 3 aromatic rings. The third kappa shape index (κ3) is 2.10. The Kier molecular flexibility index (Phi) is 2.59. The molecule has 5 nitrogen and oxygen atoms in total. The van der Waals surface area contributed by atoms with Crippen molar-refractivity contribution in [2.45, 2.75) is 6.54 Å². The first-order chi connectivity index (χ1) is 9.13. The van der Waals surface area contributed by atoms with Crippen LogP contribution >= 0.6 is 0 Å². The number of aryl methyl sites for hydroxylation is 1. The molecule has 1 aromatic carbocycles. The molecule has 1 N–H and O–H groups in total. The summed E-state index contributed by atoms with van der Waals surface area (Å²) in [5.74, 6) is -0.910. The van der Waals surface area contributed by atoms with Crippen molar-refractivity contribution in [3.63, 3.8) is 0 Å². The molecule has 0 amide bonds. The molecule has 0 fully saturated rings. The van der Waals surface area contributed by atoms with Crippen LogP contribution in [0.2, 0.25) is 0 Å². The summed E-state index contributed by atoms with van der Waals surface area (Å²) in [6, 6.07) is 9.07. The van der Waals surface area contributed by atoms with Gasteiger partial charge in [-0.05, 0) is 29.7 Å². The lowest BCUT2D eigenvalue weighted by molar-refractivity contribution is 0.0697. The van der Waals surface area contributed by atoms with E-state index in [4.69, 9.17) is 5.11 Å². The van der Waals surface area contributed by atoms with Gasteiger partial charge in [0.2, 0.25) is 0 Å².